The molecule has 0 aromatic heterocycles. The molecule has 0 heterocycles. The van der Waals surface area contributed by atoms with E-state index in [0.29, 0.717) is 11.1 Å². The molecule has 0 aliphatic heterocycles. The van der Waals surface area contributed by atoms with Gasteiger partial charge in [0, 0.05) is 12.1 Å². The first-order valence-electron chi connectivity index (χ1n) is 7.18. The number of nitrogens with one attached hydrogen (secondary N) is 2. The van der Waals surface area contributed by atoms with Gasteiger partial charge in [-0.25, -0.2) is 22.7 Å². The number of hydrogen-bond donors (Lipinski definition) is 3. The average molecular weight is 351 g/mol. The topological polar surface area (TPSA) is 101 Å². The number of carbonyl (C=O) groups is 1. The predicted octanol–water partition coefficient (Wildman–Crippen LogP) is 2.03. The van der Waals surface area contributed by atoms with Gasteiger partial charge in [0.15, 0.2) is 0 Å². The molecule has 0 saturated carbocycles. The molecule has 0 radical (unpaired) electrons. The summed E-state index contributed by atoms with van der Waals surface area (Å²) in [5.41, 5.74) is 1.10. The Morgan fingerprint density at radius 2 is 1.79 bits per heavy atom. The maximum absolute atomic E-state index is 13.6. The number of primary sulfonamides is 1. The zero-order chi connectivity index (χ0) is 17.7. The number of amides is 2. The second kappa shape index (κ2) is 7.41. The summed E-state index contributed by atoms with van der Waals surface area (Å²) >= 11 is 0. The quantitative estimate of drug-likeness (QED) is 0.768. The third kappa shape index (κ3) is 4.77. The summed E-state index contributed by atoms with van der Waals surface area (Å²) in [6.07, 6.45) is 0. The Labute approximate surface area is 139 Å². The third-order valence-electron chi connectivity index (χ3n) is 3.42. The van der Waals surface area contributed by atoms with Crippen LogP contribution in [0.5, 0.6) is 0 Å². The second-order valence-electron chi connectivity index (χ2n) is 5.26. The van der Waals surface area contributed by atoms with E-state index < -0.39 is 22.1 Å². The van der Waals surface area contributed by atoms with E-state index in [2.05, 4.69) is 10.6 Å². The maximum Gasteiger partial charge on any atom is 0.315 e. The van der Waals surface area contributed by atoms with Crippen molar-refractivity contribution >= 4 is 16.1 Å². The highest BCUT2D eigenvalue weighted by Gasteiger charge is 2.13. The van der Waals surface area contributed by atoms with Crippen LogP contribution in [0.3, 0.4) is 0 Å². The standard InChI is InChI=1S/C16H18FN3O3S/c1-11(14-4-2-3-5-15(14)17)20-16(21)19-10-12-6-8-13(9-7-12)24(18,22)23/h2-9,11H,10H2,1H3,(H2,18,22,23)(H2,19,20,21)/t11-/m1/s1. The van der Waals surface area contributed by atoms with Gasteiger partial charge in [0.1, 0.15) is 5.82 Å². The Bertz CT molecular complexity index is 823. The van der Waals surface area contributed by atoms with E-state index in [-0.39, 0.29) is 17.3 Å². The molecule has 2 amide bonds. The molecule has 0 bridgehead atoms. The van der Waals surface area contributed by atoms with Crippen molar-refractivity contribution in [2.75, 3.05) is 0 Å². The fourth-order valence-corrected chi connectivity index (χ4v) is 2.65. The van der Waals surface area contributed by atoms with E-state index in [9.17, 15) is 17.6 Å². The minimum atomic E-state index is -3.74. The predicted molar refractivity (Wildman–Crippen MR) is 88.0 cm³/mol. The fourth-order valence-electron chi connectivity index (χ4n) is 2.13. The van der Waals surface area contributed by atoms with Crippen LogP contribution in [-0.4, -0.2) is 14.4 Å². The van der Waals surface area contributed by atoms with Crippen molar-refractivity contribution < 1.29 is 17.6 Å². The SMILES string of the molecule is C[C@@H](NC(=O)NCc1ccc(S(N)(=O)=O)cc1)c1ccccc1F. The van der Waals surface area contributed by atoms with Crippen LogP contribution in [0.25, 0.3) is 0 Å². The van der Waals surface area contributed by atoms with E-state index in [1.165, 1.54) is 18.2 Å². The average Bonchev–Trinajstić information content (AvgIpc) is 2.53. The first-order valence-corrected chi connectivity index (χ1v) is 8.72. The second-order valence-corrected chi connectivity index (χ2v) is 6.82. The van der Waals surface area contributed by atoms with Crippen molar-refractivity contribution in [3.63, 3.8) is 0 Å². The molecule has 0 unspecified atom stereocenters. The van der Waals surface area contributed by atoms with E-state index in [1.807, 2.05) is 0 Å². The Morgan fingerprint density at radius 1 is 1.17 bits per heavy atom. The number of carbonyl (C=O) groups excluding carboxylic acids is 1. The number of halogens is 1. The van der Waals surface area contributed by atoms with Gasteiger partial charge in [-0.3, -0.25) is 0 Å². The number of hydrogen-bond acceptors (Lipinski definition) is 3. The number of sulfonamides is 1. The Morgan fingerprint density at radius 3 is 2.38 bits per heavy atom. The maximum atomic E-state index is 13.6. The summed E-state index contributed by atoms with van der Waals surface area (Å²) in [6, 6.07) is 11.1. The first kappa shape index (κ1) is 17.9. The van der Waals surface area contributed by atoms with Crippen LogP contribution < -0.4 is 15.8 Å². The molecule has 24 heavy (non-hydrogen) atoms. The van der Waals surface area contributed by atoms with Crippen LogP contribution in [0, 0.1) is 5.82 Å². The van der Waals surface area contributed by atoms with Crippen molar-refractivity contribution in [3.8, 4) is 0 Å². The van der Waals surface area contributed by atoms with Gasteiger partial charge in [-0.1, -0.05) is 30.3 Å². The van der Waals surface area contributed by atoms with Crippen LogP contribution in [0.4, 0.5) is 9.18 Å². The van der Waals surface area contributed by atoms with Crippen molar-refractivity contribution in [3.05, 3.63) is 65.5 Å². The highest BCUT2D eigenvalue weighted by Crippen LogP contribution is 2.15. The molecule has 128 valence electrons. The van der Waals surface area contributed by atoms with Gasteiger partial charge in [0.25, 0.3) is 0 Å². The largest absolute Gasteiger partial charge is 0.334 e. The van der Waals surface area contributed by atoms with Gasteiger partial charge in [-0.2, -0.15) is 0 Å². The van der Waals surface area contributed by atoms with Gasteiger partial charge >= 0.3 is 6.03 Å². The normalized spacial score (nSPS) is 12.5. The molecule has 1 atom stereocenters. The summed E-state index contributed by atoms with van der Waals surface area (Å²) < 4.78 is 36.0. The van der Waals surface area contributed by atoms with E-state index in [0.717, 1.165) is 0 Å². The summed E-state index contributed by atoms with van der Waals surface area (Å²) in [6.45, 7) is 1.87. The van der Waals surface area contributed by atoms with Crippen molar-refractivity contribution in [1.29, 1.82) is 0 Å². The molecule has 4 N–H and O–H groups in total. The molecule has 6 nitrogen and oxygen atoms in total. The zero-order valence-electron chi connectivity index (χ0n) is 13.0. The van der Waals surface area contributed by atoms with Crippen molar-refractivity contribution in [2.45, 2.75) is 24.4 Å². The van der Waals surface area contributed by atoms with Crippen LogP contribution in [0.1, 0.15) is 24.1 Å². The van der Waals surface area contributed by atoms with Crippen LogP contribution in [0.2, 0.25) is 0 Å². The molecule has 0 aliphatic carbocycles. The molecule has 0 aliphatic rings. The van der Waals surface area contributed by atoms with Gasteiger partial charge in [0.2, 0.25) is 10.0 Å². The first-order chi connectivity index (χ1) is 11.3. The van der Waals surface area contributed by atoms with Crippen LogP contribution in [0.15, 0.2) is 53.4 Å². The van der Waals surface area contributed by atoms with Gasteiger partial charge in [-0.15, -0.1) is 0 Å². The Kier molecular flexibility index (Phi) is 5.53. The lowest BCUT2D eigenvalue weighted by Gasteiger charge is -2.15. The molecule has 0 fully saturated rings. The third-order valence-corrected chi connectivity index (χ3v) is 4.35. The molecule has 0 saturated heterocycles. The number of nitrogens with two attached hydrogens (primary N) is 1. The number of rotatable bonds is 5. The molecular weight excluding hydrogens is 333 g/mol. The van der Waals surface area contributed by atoms with Gasteiger partial charge in [-0.05, 0) is 30.7 Å². The molecule has 8 heteroatoms. The summed E-state index contributed by atoms with van der Waals surface area (Å²) in [5, 5.41) is 10.3. The van der Waals surface area contributed by atoms with Gasteiger partial charge < -0.3 is 10.6 Å². The number of urea groups is 1. The highest BCUT2D eigenvalue weighted by atomic mass is 32.2. The molecule has 2 aromatic rings. The minimum absolute atomic E-state index is 0.00359. The Balaban J connectivity index is 1.90. The highest BCUT2D eigenvalue weighted by molar-refractivity contribution is 7.89. The monoisotopic (exact) mass is 351 g/mol. The van der Waals surface area contributed by atoms with E-state index in [1.54, 1.807) is 37.3 Å². The lowest BCUT2D eigenvalue weighted by Crippen LogP contribution is -2.36. The fraction of sp³-hybridized carbons (Fsp3) is 0.188. The minimum Gasteiger partial charge on any atom is -0.334 e. The molecule has 2 aromatic carbocycles. The van der Waals surface area contributed by atoms with Gasteiger partial charge in [0.05, 0.1) is 10.9 Å². The van der Waals surface area contributed by atoms with Crippen molar-refractivity contribution in [2.24, 2.45) is 5.14 Å². The van der Waals surface area contributed by atoms with Crippen molar-refractivity contribution in [1.82, 2.24) is 10.6 Å². The van der Waals surface area contributed by atoms with E-state index >= 15 is 0 Å². The summed E-state index contributed by atoms with van der Waals surface area (Å²) in [7, 11) is -3.74. The molecular formula is C16H18FN3O3S. The van der Waals surface area contributed by atoms with Crippen LogP contribution in [-0.2, 0) is 16.6 Å². The zero-order valence-corrected chi connectivity index (χ0v) is 13.8. The lowest BCUT2D eigenvalue weighted by atomic mass is 10.1. The smallest absolute Gasteiger partial charge is 0.315 e. The lowest BCUT2D eigenvalue weighted by molar-refractivity contribution is 0.237. The molecule has 2 rings (SSSR count). The molecule has 0 spiro atoms. The van der Waals surface area contributed by atoms with Crippen LogP contribution >= 0.6 is 0 Å². The summed E-state index contributed by atoms with van der Waals surface area (Å²) in [4.78, 5) is 11.9. The number of benzene rings is 2. The van der Waals surface area contributed by atoms with E-state index in [4.69, 9.17) is 5.14 Å². The summed E-state index contributed by atoms with van der Waals surface area (Å²) in [5.74, 6) is -0.385. The Hall–Kier alpha value is -2.45.